The van der Waals surface area contributed by atoms with Crippen molar-refractivity contribution in [2.24, 2.45) is 0 Å². The molecule has 6 nitrogen and oxygen atoms in total. The van der Waals surface area contributed by atoms with E-state index in [9.17, 15) is 9.59 Å². The summed E-state index contributed by atoms with van der Waals surface area (Å²) >= 11 is 0. The van der Waals surface area contributed by atoms with E-state index in [1.807, 2.05) is 0 Å². The standard InChI is InChI=1S/C11H20N2O4/c14-10(3-7-13-5-1-2-6-13)12-4-8-17-9-11(15)16/h1-9H2,(H,12,14)(H,15,16). The normalized spacial score (nSPS) is 16.0. The van der Waals surface area contributed by atoms with Crippen molar-refractivity contribution in [3.63, 3.8) is 0 Å². The number of carbonyl (C=O) groups is 2. The SMILES string of the molecule is O=C(O)COCCNC(=O)CCN1CCCC1. The lowest BCUT2D eigenvalue weighted by Gasteiger charge is -2.13. The zero-order valence-electron chi connectivity index (χ0n) is 9.98. The van der Waals surface area contributed by atoms with Gasteiger partial charge in [-0.1, -0.05) is 0 Å². The third-order valence-electron chi connectivity index (χ3n) is 2.65. The van der Waals surface area contributed by atoms with Crippen molar-refractivity contribution >= 4 is 11.9 Å². The Kier molecular flexibility index (Phi) is 6.57. The molecule has 0 spiro atoms. The maximum atomic E-state index is 11.4. The van der Waals surface area contributed by atoms with Crippen molar-refractivity contribution in [3.05, 3.63) is 0 Å². The predicted octanol–water partition coefficient (Wildman–Crippen LogP) is -0.310. The summed E-state index contributed by atoms with van der Waals surface area (Å²) < 4.78 is 4.80. The zero-order chi connectivity index (χ0) is 12.5. The number of carbonyl (C=O) groups excluding carboxylic acids is 1. The van der Waals surface area contributed by atoms with E-state index >= 15 is 0 Å². The predicted molar refractivity (Wildman–Crippen MR) is 61.8 cm³/mol. The first-order valence-electron chi connectivity index (χ1n) is 5.97. The maximum absolute atomic E-state index is 11.4. The van der Waals surface area contributed by atoms with E-state index in [1.165, 1.54) is 12.8 Å². The summed E-state index contributed by atoms with van der Waals surface area (Å²) in [5.74, 6) is -0.999. The first-order valence-corrected chi connectivity index (χ1v) is 5.97. The van der Waals surface area contributed by atoms with Gasteiger partial charge in [0.2, 0.25) is 5.91 Å². The van der Waals surface area contributed by atoms with Crippen LogP contribution >= 0.6 is 0 Å². The molecule has 6 heteroatoms. The molecule has 1 fully saturated rings. The fourth-order valence-electron chi connectivity index (χ4n) is 1.78. The number of carboxylic acids is 1. The van der Waals surface area contributed by atoms with E-state index in [0.717, 1.165) is 19.6 Å². The summed E-state index contributed by atoms with van der Waals surface area (Å²) in [7, 11) is 0. The molecule has 0 bridgehead atoms. The van der Waals surface area contributed by atoms with Crippen molar-refractivity contribution in [2.45, 2.75) is 19.3 Å². The average molecular weight is 244 g/mol. The number of hydrogen-bond acceptors (Lipinski definition) is 4. The molecule has 0 atom stereocenters. The topological polar surface area (TPSA) is 78.9 Å². The van der Waals surface area contributed by atoms with Crippen LogP contribution in [0.1, 0.15) is 19.3 Å². The lowest BCUT2D eigenvalue weighted by Crippen LogP contribution is -2.31. The molecule has 0 aromatic carbocycles. The van der Waals surface area contributed by atoms with Crippen LogP contribution in [0.15, 0.2) is 0 Å². The molecular weight excluding hydrogens is 224 g/mol. The van der Waals surface area contributed by atoms with Gasteiger partial charge >= 0.3 is 5.97 Å². The van der Waals surface area contributed by atoms with E-state index in [-0.39, 0.29) is 19.1 Å². The van der Waals surface area contributed by atoms with Crippen LogP contribution in [0.5, 0.6) is 0 Å². The van der Waals surface area contributed by atoms with Crippen LogP contribution < -0.4 is 5.32 Å². The fourth-order valence-corrected chi connectivity index (χ4v) is 1.78. The molecule has 1 saturated heterocycles. The van der Waals surface area contributed by atoms with Gasteiger partial charge in [-0.25, -0.2) is 4.79 Å². The molecule has 0 unspecified atom stereocenters. The summed E-state index contributed by atoms with van der Waals surface area (Å²) in [5.41, 5.74) is 0. The van der Waals surface area contributed by atoms with Gasteiger partial charge < -0.3 is 20.1 Å². The molecule has 0 aromatic heterocycles. The third kappa shape index (κ3) is 6.91. The molecule has 1 amide bonds. The highest BCUT2D eigenvalue weighted by Gasteiger charge is 2.12. The number of carboxylic acid groups (broad SMARTS) is 1. The number of rotatable bonds is 8. The van der Waals surface area contributed by atoms with E-state index in [4.69, 9.17) is 9.84 Å². The van der Waals surface area contributed by atoms with Gasteiger partial charge in [-0.3, -0.25) is 4.79 Å². The second-order valence-corrected chi connectivity index (χ2v) is 4.10. The maximum Gasteiger partial charge on any atom is 0.329 e. The van der Waals surface area contributed by atoms with Crippen molar-refractivity contribution in [2.75, 3.05) is 39.4 Å². The summed E-state index contributed by atoms with van der Waals surface area (Å²) in [5, 5.41) is 11.0. The molecular formula is C11H20N2O4. The molecule has 0 saturated carbocycles. The molecule has 2 N–H and O–H groups in total. The molecule has 0 aromatic rings. The number of amides is 1. The van der Waals surface area contributed by atoms with Crippen LogP contribution in [0.25, 0.3) is 0 Å². The fraction of sp³-hybridized carbons (Fsp3) is 0.818. The van der Waals surface area contributed by atoms with Crippen LogP contribution in [0.4, 0.5) is 0 Å². The van der Waals surface area contributed by atoms with Crippen LogP contribution in [0.2, 0.25) is 0 Å². The van der Waals surface area contributed by atoms with E-state index in [1.54, 1.807) is 0 Å². The van der Waals surface area contributed by atoms with Crippen molar-refractivity contribution in [1.82, 2.24) is 10.2 Å². The molecule has 1 heterocycles. The van der Waals surface area contributed by atoms with Crippen LogP contribution in [-0.4, -0.2) is 61.3 Å². The largest absolute Gasteiger partial charge is 0.480 e. The highest BCUT2D eigenvalue weighted by Crippen LogP contribution is 2.06. The minimum Gasteiger partial charge on any atom is -0.480 e. The monoisotopic (exact) mass is 244 g/mol. The number of nitrogens with one attached hydrogen (secondary N) is 1. The van der Waals surface area contributed by atoms with Crippen LogP contribution in [-0.2, 0) is 14.3 Å². The quantitative estimate of drug-likeness (QED) is 0.573. The molecule has 17 heavy (non-hydrogen) atoms. The van der Waals surface area contributed by atoms with Gasteiger partial charge in [0.25, 0.3) is 0 Å². The lowest BCUT2D eigenvalue weighted by molar-refractivity contribution is -0.142. The van der Waals surface area contributed by atoms with Gasteiger partial charge in [-0.05, 0) is 25.9 Å². The van der Waals surface area contributed by atoms with Gasteiger partial charge in [-0.15, -0.1) is 0 Å². The number of aliphatic carboxylic acids is 1. The second-order valence-electron chi connectivity index (χ2n) is 4.10. The highest BCUT2D eigenvalue weighted by molar-refractivity contribution is 5.76. The van der Waals surface area contributed by atoms with Gasteiger partial charge in [0.05, 0.1) is 6.61 Å². The summed E-state index contributed by atoms with van der Waals surface area (Å²) in [6, 6.07) is 0. The Morgan fingerprint density at radius 3 is 2.65 bits per heavy atom. The van der Waals surface area contributed by atoms with Crippen molar-refractivity contribution < 1.29 is 19.4 Å². The zero-order valence-corrected chi connectivity index (χ0v) is 9.98. The average Bonchev–Trinajstić information content (AvgIpc) is 2.78. The third-order valence-corrected chi connectivity index (χ3v) is 2.65. The minimum absolute atomic E-state index is 0.00387. The number of likely N-dealkylation sites (tertiary alicyclic amines) is 1. The molecule has 0 aliphatic carbocycles. The number of ether oxygens (including phenoxy) is 1. The molecule has 1 aliphatic rings. The Hall–Kier alpha value is -1.14. The molecule has 98 valence electrons. The number of hydrogen-bond donors (Lipinski definition) is 2. The first kappa shape index (κ1) is 13.9. The Bertz CT molecular complexity index is 252. The smallest absolute Gasteiger partial charge is 0.329 e. The van der Waals surface area contributed by atoms with Crippen molar-refractivity contribution in [3.8, 4) is 0 Å². The lowest BCUT2D eigenvalue weighted by atomic mass is 10.3. The highest BCUT2D eigenvalue weighted by atomic mass is 16.5. The van der Waals surface area contributed by atoms with E-state index < -0.39 is 5.97 Å². The van der Waals surface area contributed by atoms with E-state index in [0.29, 0.717) is 13.0 Å². The van der Waals surface area contributed by atoms with Gasteiger partial charge in [0.15, 0.2) is 0 Å². The second kappa shape index (κ2) is 8.03. The minimum atomic E-state index is -0.995. The summed E-state index contributed by atoms with van der Waals surface area (Å²) in [6.07, 6.45) is 2.95. The Morgan fingerprint density at radius 2 is 2.00 bits per heavy atom. The molecule has 1 rings (SSSR count). The van der Waals surface area contributed by atoms with Gasteiger partial charge in [0.1, 0.15) is 6.61 Å². The van der Waals surface area contributed by atoms with Crippen LogP contribution in [0.3, 0.4) is 0 Å². The van der Waals surface area contributed by atoms with Gasteiger partial charge in [0, 0.05) is 19.5 Å². The Balaban J connectivity index is 1.92. The van der Waals surface area contributed by atoms with Crippen molar-refractivity contribution in [1.29, 1.82) is 0 Å². The Morgan fingerprint density at radius 1 is 1.29 bits per heavy atom. The summed E-state index contributed by atoms with van der Waals surface area (Å²) in [6.45, 7) is 3.28. The first-order chi connectivity index (χ1) is 8.18. The van der Waals surface area contributed by atoms with E-state index in [2.05, 4.69) is 10.2 Å². The Labute approximate surface area is 101 Å². The summed E-state index contributed by atoms with van der Waals surface area (Å²) in [4.78, 5) is 23.8. The molecule has 1 aliphatic heterocycles. The van der Waals surface area contributed by atoms with Gasteiger partial charge in [-0.2, -0.15) is 0 Å². The molecule has 0 radical (unpaired) electrons. The van der Waals surface area contributed by atoms with Crippen LogP contribution in [0, 0.1) is 0 Å². The number of nitrogens with zero attached hydrogens (tertiary/aromatic N) is 1.